The monoisotopic (exact) mass is 456 g/mol. The van der Waals surface area contributed by atoms with Crippen LogP contribution >= 0.6 is 0 Å². The van der Waals surface area contributed by atoms with Crippen molar-refractivity contribution in [2.24, 2.45) is 0 Å². The van der Waals surface area contributed by atoms with E-state index in [1.54, 1.807) is 12.1 Å². The molecule has 0 atom stereocenters. The van der Waals surface area contributed by atoms with E-state index in [9.17, 15) is 9.18 Å². The summed E-state index contributed by atoms with van der Waals surface area (Å²) in [7, 11) is 0. The van der Waals surface area contributed by atoms with Crippen LogP contribution < -0.4 is 10.1 Å². The summed E-state index contributed by atoms with van der Waals surface area (Å²) in [5, 5.41) is 3.64. The molecule has 1 heterocycles. The van der Waals surface area contributed by atoms with Gasteiger partial charge in [-0.1, -0.05) is 61.7 Å². The van der Waals surface area contributed by atoms with Gasteiger partial charge in [0.1, 0.15) is 18.2 Å². The first-order valence-electron chi connectivity index (χ1n) is 12.0. The van der Waals surface area contributed by atoms with Crippen LogP contribution in [0.1, 0.15) is 53.6 Å². The summed E-state index contributed by atoms with van der Waals surface area (Å²) >= 11 is 0. The fraction of sp³-hybridized carbons (Fsp3) is 0.276. The quantitative estimate of drug-likeness (QED) is 0.346. The van der Waals surface area contributed by atoms with Crippen molar-refractivity contribution in [1.29, 1.82) is 0 Å². The second-order valence-electron chi connectivity index (χ2n) is 9.03. The lowest BCUT2D eigenvalue weighted by Gasteiger charge is -2.23. The molecule has 0 spiro atoms. The number of aromatic nitrogens is 1. The second kappa shape index (κ2) is 10.1. The third-order valence-electron chi connectivity index (χ3n) is 6.58. The minimum absolute atomic E-state index is 0.124. The largest absolute Gasteiger partial charge is 0.489 e. The van der Waals surface area contributed by atoms with Crippen LogP contribution in [0, 0.1) is 5.82 Å². The first-order valence-corrected chi connectivity index (χ1v) is 12.0. The second-order valence-corrected chi connectivity index (χ2v) is 9.03. The van der Waals surface area contributed by atoms with E-state index in [1.807, 2.05) is 65.4 Å². The van der Waals surface area contributed by atoms with Gasteiger partial charge in [-0.2, -0.15) is 0 Å². The number of carbonyl (C=O) groups excluding carboxylic acids is 1. The Morgan fingerprint density at radius 2 is 1.68 bits per heavy atom. The molecule has 4 aromatic rings. The van der Waals surface area contributed by atoms with Crippen LogP contribution in [0.4, 0.5) is 4.39 Å². The highest BCUT2D eigenvalue weighted by Gasteiger charge is 2.20. The van der Waals surface area contributed by atoms with E-state index in [4.69, 9.17) is 4.74 Å². The zero-order chi connectivity index (χ0) is 23.3. The summed E-state index contributed by atoms with van der Waals surface area (Å²) in [4.78, 5) is 13.1. The summed E-state index contributed by atoms with van der Waals surface area (Å²) in [5.74, 6) is 0.359. The molecule has 1 aliphatic rings. The number of benzene rings is 3. The molecule has 1 fully saturated rings. The van der Waals surface area contributed by atoms with Gasteiger partial charge in [-0.15, -0.1) is 0 Å². The Morgan fingerprint density at radius 1 is 0.912 bits per heavy atom. The van der Waals surface area contributed by atoms with Gasteiger partial charge >= 0.3 is 0 Å². The molecule has 34 heavy (non-hydrogen) atoms. The van der Waals surface area contributed by atoms with Crippen LogP contribution in [0.15, 0.2) is 79.0 Å². The molecule has 174 valence electrons. The van der Waals surface area contributed by atoms with Gasteiger partial charge in [0.25, 0.3) is 5.91 Å². The normalized spacial score (nSPS) is 14.3. The first kappa shape index (κ1) is 22.2. The number of amides is 1. The lowest BCUT2D eigenvalue weighted by atomic mass is 9.95. The van der Waals surface area contributed by atoms with E-state index in [0.717, 1.165) is 42.6 Å². The summed E-state index contributed by atoms with van der Waals surface area (Å²) < 4.78 is 22.4. The first-order chi connectivity index (χ1) is 16.7. The number of nitrogens with one attached hydrogen (secondary N) is 1. The predicted octanol–water partition coefficient (Wildman–Crippen LogP) is 6.47. The van der Waals surface area contributed by atoms with E-state index in [1.165, 1.54) is 12.5 Å². The number of ether oxygens (including phenoxy) is 1. The topological polar surface area (TPSA) is 43.3 Å². The van der Waals surface area contributed by atoms with Crippen molar-refractivity contribution in [3.05, 3.63) is 102 Å². The van der Waals surface area contributed by atoms with E-state index < -0.39 is 0 Å². The van der Waals surface area contributed by atoms with Gasteiger partial charge in [-0.3, -0.25) is 4.79 Å². The molecule has 0 unspecified atom stereocenters. The number of rotatable bonds is 7. The number of hydrogen-bond donors (Lipinski definition) is 1. The van der Waals surface area contributed by atoms with Crippen LogP contribution in [0.25, 0.3) is 10.9 Å². The van der Waals surface area contributed by atoms with Gasteiger partial charge in [-0.05, 0) is 54.3 Å². The predicted molar refractivity (Wildman–Crippen MR) is 133 cm³/mol. The Labute approximate surface area is 199 Å². The van der Waals surface area contributed by atoms with Crippen molar-refractivity contribution in [1.82, 2.24) is 9.88 Å². The highest BCUT2D eigenvalue weighted by molar-refractivity contribution is 6.06. The SMILES string of the molecule is O=C(NC1CCCCC1)c1ccc(F)c2ccn(Cc3ccc(OCc4ccccc4)cc3)c12. The number of halogens is 1. The highest BCUT2D eigenvalue weighted by atomic mass is 19.1. The van der Waals surface area contributed by atoms with Crippen molar-refractivity contribution in [3.8, 4) is 5.75 Å². The maximum Gasteiger partial charge on any atom is 0.253 e. The maximum absolute atomic E-state index is 14.6. The maximum atomic E-state index is 14.6. The van der Waals surface area contributed by atoms with Crippen molar-refractivity contribution < 1.29 is 13.9 Å². The molecule has 0 saturated heterocycles. The Bertz CT molecular complexity index is 1260. The van der Waals surface area contributed by atoms with Crippen LogP contribution in [0.5, 0.6) is 5.75 Å². The Hall–Kier alpha value is -3.60. The third-order valence-corrected chi connectivity index (χ3v) is 6.58. The average Bonchev–Trinajstić information content (AvgIpc) is 3.29. The molecule has 1 aromatic heterocycles. The van der Waals surface area contributed by atoms with Crippen molar-refractivity contribution >= 4 is 16.8 Å². The van der Waals surface area contributed by atoms with Crippen LogP contribution in [0.2, 0.25) is 0 Å². The minimum atomic E-state index is -0.312. The number of hydrogen-bond acceptors (Lipinski definition) is 2. The molecular formula is C29H29FN2O2. The van der Waals surface area contributed by atoms with Gasteiger partial charge in [0.05, 0.1) is 11.1 Å². The number of fused-ring (bicyclic) bond motifs is 1. The molecule has 1 amide bonds. The Kier molecular flexibility index (Phi) is 6.61. The summed E-state index contributed by atoms with van der Waals surface area (Å²) in [5.41, 5.74) is 3.33. The van der Waals surface area contributed by atoms with Crippen LogP contribution in [0.3, 0.4) is 0 Å². The van der Waals surface area contributed by atoms with E-state index in [2.05, 4.69) is 5.32 Å². The lowest BCUT2D eigenvalue weighted by Crippen LogP contribution is -2.36. The molecule has 0 radical (unpaired) electrons. The molecule has 4 nitrogen and oxygen atoms in total. The summed E-state index contributed by atoms with van der Waals surface area (Å²) in [6.45, 7) is 1.05. The highest BCUT2D eigenvalue weighted by Crippen LogP contribution is 2.26. The fourth-order valence-electron chi connectivity index (χ4n) is 4.74. The fourth-order valence-corrected chi connectivity index (χ4v) is 4.74. The average molecular weight is 457 g/mol. The van der Waals surface area contributed by atoms with Gasteiger partial charge in [0, 0.05) is 24.2 Å². The standard InChI is InChI=1S/C29H29FN2O2/c30-27-16-15-26(29(33)31-23-9-5-2-6-10-23)28-25(27)17-18-32(28)19-21-11-13-24(14-12-21)34-20-22-7-3-1-4-8-22/h1,3-4,7-8,11-18,23H,2,5-6,9-10,19-20H2,(H,31,33). The Balaban J connectivity index is 1.33. The van der Waals surface area contributed by atoms with Crippen molar-refractivity contribution in [2.75, 3.05) is 0 Å². The third kappa shape index (κ3) is 4.98. The van der Waals surface area contributed by atoms with E-state index in [-0.39, 0.29) is 17.8 Å². The van der Waals surface area contributed by atoms with Crippen molar-refractivity contribution in [3.63, 3.8) is 0 Å². The molecule has 1 aliphatic carbocycles. The molecule has 3 aromatic carbocycles. The van der Waals surface area contributed by atoms with Crippen molar-refractivity contribution in [2.45, 2.75) is 51.3 Å². The minimum Gasteiger partial charge on any atom is -0.489 e. The number of nitrogens with zero attached hydrogens (tertiary/aromatic N) is 1. The number of carbonyl (C=O) groups is 1. The molecular weight excluding hydrogens is 427 g/mol. The molecule has 5 heteroatoms. The van der Waals surface area contributed by atoms with Gasteiger partial charge in [0.15, 0.2) is 0 Å². The molecule has 1 N–H and O–H groups in total. The summed E-state index contributed by atoms with van der Waals surface area (Å²) in [6, 6.07) is 22.9. The van der Waals surface area contributed by atoms with E-state index >= 15 is 0 Å². The lowest BCUT2D eigenvalue weighted by molar-refractivity contribution is 0.0929. The van der Waals surface area contributed by atoms with Gasteiger partial charge in [0.2, 0.25) is 0 Å². The van der Waals surface area contributed by atoms with Crippen LogP contribution in [-0.4, -0.2) is 16.5 Å². The molecule has 0 bridgehead atoms. The zero-order valence-electron chi connectivity index (χ0n) is 19.2. The zero-order valence-corrected chi connectivity index (χ0v) is 19.2. The van der Waals surface area contributed by atoms with E-state index in [0.29, 0.717) is 29.6 Å². The molecule has 1 saturated carbocycles. The molecule has 0 aliphatic heterocycles. The summed E-state index contributed by atoms with van der Waals surface area (Å²) in [6.07, 6.45) is 7.39. The van der Waals surface area contributed by atoms with Crippen LogP contribution in [-0.2, 0) is 13.2 Å². The molecule has 5 rings (SSSR count). The van der Waals surface area contributed by atoms with Gasteiger partial charge in [-0.25, -0.2) is 4.39 Å². The van der Waals surface area contributed by atoms with Gasteiger partial charge < -0.3 is 14.6 Å². The Morgan fingerprint density at radius 3 is 2.44 bits per heavy atom. The smallest absolute Gasteiger partial charge is 0.253 e.